The summed E-state index contributed by atoms with van der Waals surface area (Å²) in [5, 5.41) is 12.0. The quantitative estimate of drug-likeness (QED) is 0.791. The van der Waals surface area contributed by atoms with Crippen molar-refractivity contribution in [2.24, 2.45) is 0 Å². The molecule has 1 aliphatic rings. The summed E-state index contributed by atoms with van der Waals surface area (Å²) in [5.41, 5.74) is -0.122. The molecule has 0 radical (unpaired) electrons. The van der Waals surface area contributed by atoms with Gasteiger partial charge in [0.15, 0.2) is 5.69 Å². The Morgan fingerprint density at radius 3 is 2.40 bits per heavy atom. The Balaban J connectivity index is 2.41. The molecule has 1 aromatic heterocycles. The van der Waals surface area contributed by atoms with E-state index in [9.17, 15) is 14.7 Å². The van der Waals surface area contributed by atoms with Gasteiger partial charge >= 0.3 is 13.1 Å². The van der Waals surface area contributed by atoms with E-state index in [1.165, 1.54) is 13.1 Å². The van der Waals surface area contributed by atoms with Crippen LogP contribution in [-0.2, 0) is 14.1 Å². The average molecular weight is 346 g/mol. The predicted octanol–water partition coefficient (Wildman–Crippen LogP) is 1.93. The molecule has 0 unspecified atom stereocenters. The Labute approximate surface area is 147 Å². The summed E-state index contributed by atoms with van der Waals surface area (Å²) in [7, 11) is -0.696. The predicted molar refractivity (Wildman–Crippen MR) is 93.9 cm³/mol. The molecule has 0 aliphatic carbocycles. The van der Waals surface area contributed by atoms with E-state index >= 15 is 0 Å². The lowest BCUT2D eigenvalue weighted by Crippen LogP contribution is -2.41. The van der Waals surface area contributed by atoms with E-state index in [0.717, 1.165) is 0 Å². The van der Waals surface area contributed by atoms with E-state index in [-0.39, 0.29) is 18.1 Å². The van der Waals surface area contributed by atoms with Gasteiger partial charge in [-0.2, -0.15) is 0 Å². The zero-order valence-corrected chi connectivity index (χ0v) is 15.1. The van der Waals surface area contributed by atoms with Crippen molar-refractivity contribution in [1.82, 2.24) is 10.3 Å². The number of aromatic nitrogens is 1. The Morgan fingerprint density at radius 2 is 1.88 bits per heavy atom. The molecule has 0 saturated carbocycles. The van der Waals surface area contributed by atoms with Crippen LogP contribution in [0.2, 0.25) is 0 Å². The minimum absolute atomic E-state index is 0.0701. The van der Waals surface area contributed by atoms with Crippen molar-refractivity contribution >= 4 is 25.1 Å². The van der Waals surface area contributed by atoms with Gasteiger partial charge in [-0.3, -0.25) is 4.79 Å². The number of hydrogen-bond donors (Lipinski definition) is 2. The number of hydrogen-bond acceptors (Lipinski definition) is 5. The third kappa shape index (κ3) is 4.26. The van der Waals surface area contributed by atoms with Gasteiger partial charge in [-0.25, -0.2) is 9.78 Å². The molecular weight excluding hydrogens is 323 g/mol. The molecule has 1 aromatic rings. The average Bonchev–Trinajstić information content (AvgIpc) is 2.71. The highest BCUT2D eigenvalue weighted by atomic mass is 16.7. The van der Waals surface area contributed by atoms with Gasteiger partial charge in [-0.05, 0) is 39.2 Å². The number of nitrogens with one attached hydrogen (secondary N) is 1. The number of aromatic carboxylic acids is 1. The molecular formula is C17H23BN2O5. The van der Waals surface area contributed by atoms with Crippen molar-refractivity contribution in [2.75, 3.05) is 6.54 Å². The first-order chi connectivity index (χ1) is 11.5. The van der Waals surface area contributed by atoms with Crippen molar-refractivity contribution in [2.45, 2.75) is 45.8 Å². The van der Waals surface area contributed by atoms with Gasteiger partial charge in [-0.1, -0.05) is 12.1 Å². The molecule has 2 rings (SSSR count). The summed E-state index contributed by atoms with van der Waals surface area (Å²) in [4.78, 5) is 26.6. The number of pyridine rings is 1. The van der Waals surface area contributed by atoms with Gasteiger partial charge in [0, 0.05) is 25.2 Å². The number of rotatable bonds is 5. The highest BCUT2D eigenvalue weighted by molar-refractivity contribution is 6.56. The van der Waals surface area contributed by atoms with E-state index in [1.54, 1.807) is 18.2 Å². The first kappa shape index (κ1) is 19.1. The van der Waals surface area contributed by atoms with Gasteiger partial charge in [0.1, 0.15) is 0 Å². The summed E-state index contributed by atoms with van der Waals surface area (Å²) < 4.78 is 12.0. The third-order valence-electron chi connectivity index (χ3n) is 4.48. The molecule has 0 aromatic carbocycles. The first-order valence-electron chi connectivity index (χ1n) is 8.02. The van der Waals surface area contributed by atoms with Gasteiger partial charge in [0.25, 0.3) is 0 Å². The Morgan fingerprint density at radius 1 is 1.28 bits per heavy atom. The van der Waals surface area contributed by atoms with Crippen LogP contribution in [0.15, 0.2) is 23.8 Å². The van der Waals surface area contributed by atoms with Crippen LogP contribution in [-0.4, -0.2) is 46.8 Å². The third-order valence-corrected chi connectivity index (χ3v) is 4.48. The van der Waals surface area contributed by atoms with Crippen molar-refractivity contribution in [3.8, 4) is 0 Å². The molecule has 0 bridgehead atoms. The van der Waals surface area contributed by atoms with Crippen LogP contribution in [0.1, 0.15) is 50.7 Å². The molecule has 1 saturated heterocycles. The summed E-state index contributed by atoms with van der Waals surface area (Å²) in [6, 6.07) is 3.30. The van der Waals surface area contributed by atoms with Crippen LogP contribution in [0.5, 0.6) is 0 Å². The number of carboxylic acids is 1. The number of carbonyl (C=O) groups excluding carboxylic acids is 1. The number of amides is 1. The topological polar surface area (TPSA) is 97.8 Å². The summed E-state index contributed by atoms with van der Waals surface area (Å²) in [5.74, 6) is -1.33. The van der Waals surface area contributed by atoms with Crippen molar-refractivity contribution in [3.63, 3.8) is 0 Å². The smallest absolute Gasteiger partial charge is 0.476 e. The van der Waals surface area contributed by atoms with Crippen LogP contribution in [0.25, 0.3) is 6.08 Å². The largest absolute Gasteiger partial charge is 0.492 e. The lowest BCUT2D eigenvalue weighted by Gasteiger charge is -2.32. The lowest BCUT2D eigenvalue weighted by atomic mass is 9.76. The van der Waals surface area contributed by atoms with Gasteiger partial charge < -0.3 is 19.7 Å². The van der Waals surface area contributed by atoms with Crippen LogP contribution < -0.4 is 5.32 Å². The van der Waals surface area contributed by atoms with Gasteiger partial charge in [-0.15, -0.1) is 0 Å². The molecule has 1 fully saturated rings. The summed E-state index contributed by atoms with van der Waals surface area (Å²) >= 11 is 0. The standard InChI is InChI=1S/C17H23BN2O5/c1-11(21)20-10-13(18-24-16(2,3)17(4,5)25-18)9-12-7-6-8-19-14(12)15(22)23/h6-9H,10H2,1-5H3,(H,20,21)(H,22,23). The molecule has 1 amide bonds. The fraction of sp³-hybridized carbons (Fsp3) is 0.471. The van der Waals surface area contributed by atoms with Crippen LogP contribution in [0, 0.1) is 0 Å². The second-order valence-corrected chi connectivity index (χ2v) is 6.96. The number of nitrogens with zero attached hydrogens (tertiary/aromatic N) is 1. The van der Waals surface area contributed by atoms with Crippen molar-refractivity contribution in [3.05, 3.63) is 35.1 Å². The molecule has 2 N–H and O–H groups in total. The second-order valence-electron chi connectivity index (χ2n) is 6.96. The molecule has 25 heavy (non-hydrogen) atoms. The minimum Gasteiger partial charge on any atom is -0.476 e. The lowest BCUT2D eigenvalue weighted by molar-refractivity contribution is -0.118. The maximum atomic E-state index is 11.4. The van der Waals surface area contributed by atoms with E-state index in [1.807, 2.05) is 27.7 Å². The van der Waals surface area contributed by atoms with Gasteiger partial charge in [0.2, 0.25) is 5.91 Å². The fourth-order valence-electron chi connectivity index (χ4n) is 2.34. The number of carboxylic acid groups (broad SMARTS) is 1. The molecule has 0 spiro atoms. The van der Waals surface area contributed by atoms with Crippen LogP contribution in [0.3, 0.4) is 0 Å². The van der Waals surface area contributed by atoms with Gasteiger partial charge in [0.05, 0.1) is 11.2 Å². The molecule has 1 aliphatic heterocycles. The van der Waals surface area contributed by atoms with E-state index in [4.69, 9.17) is 9.31 Å². The zero-order chi connectivity index (χ0) is 18.8. The second kappa shape index (κ2) is 6.97. The van der Waals surface area contributed by atoms with Crippen molar-refractivity contribution in [1.29, 1.82) is 0 Å². The van der Waals surface area contributed by atoms with E-state index < -0.39 is 24.3 Å². The molecule has 7 nitrogen and oxygen atoms in total. The Hall–Kier alpha value is -2.19. The SMILES string of the molecule is CC(=O)NCC(=Cc1cccnc1C(=O)O)B1OC(C)(C)C(C)(C)O1. The molecule has 0 atom stereocenters. The van der Waals surface area contributed by atoms with Crippen LogP contribution in [0.4, 0.5) is 0 Å². The monoisotopic (exact) mass is 346 g/mol. The van der Waals surface area contributed by atoms with Crippen molar-refractivity contribution < 1.29 is 24.0 Å². The highest BCUT2D eigenvalue weighted by Gasteiger charge is 2.52. The molecule has 134 valence electrons. The normalized spacial score (nSPS) is 18.9. The maximum absolute atomic E-state index is 11.4. The minimum atomic E-state index is -1.13. The Bertz CT molecular complexity index is 699. The van der Waals surface area contributed by atoms with E-state index in [0.29, 0.717) is 11.0 Å². The molecule has 8 heteroatoms. The summed E-state index contributed by atoms with van der Waals surface area (Å²) in [6.07, 6.45) is 3.07. The van der Waals surface area contributed by atoms with Crippen LogP contribution >= 0.6 is 0 Å². The molecule has 2 heterocycles. The van der Waals surface area contributed by atoms with E-state index in [2.05, 4.69) is 10.3 Å². The zero-order valence-electron chi connectivity index (χ0n) is 15.1. The summed E-state index contributed by atoms with van der Waals surface area (Å²) in [6.45, 7) is 9.30. The highest BCUT2D eigenvalue weighted by Crippen LogP contribution is 2.38. The first-order valence-corrected chi connectivity index (χ1v) is 8.02. The Kier molecular flexibility index (Phi) is 5.34. The number of carbonyl (C=O) groups is 2. The maximum Gasteiger partial charge on any atom is 0.492 e. The fourth-order valence-corrected chi connectivity index (χ4v) is 2.34.